The van der Waals surface area contributed by atoms with Crippen LogP contribution in [0.1, 0.15) is 0 Å². The molecular formula is C12H9ClN4. The van der Waals surface area contributed by atoms with E-state index in [-0.39, 0.29) is 0 Å². The van der Waals surface area contributed by atoms with Gasteiger partial charge in [-0.3, -0.25) is 4.40 Å². The molecule has 0 radical (unpaired) electrons. The Morgan fingerprint density at radius 3 is 2.53 bits per heavy atom. The summed E-state index contributed by atoms with van der Waals surface area (Å²) < 4.78 is 1.86. The van der Waals surface area contributed by atoms with Crippen LogP contribution in [0, 0.1) is 0 Å². The molecule has 84 valence electrons. The van der Waals surface area contributed by atoms with E-state index in [4.69, 9.17) is 17.3 Å². The Hall–Kier alpha value is -2.07. The predicted molar refractivity (Wildman–Crippen MR) is 67.8 cm³/mol. The smallest absolute Gasteiger partial charge is 0.168 e. The molecule has 2 aromatic heterocycles. The van der Waals surface area contributed by atoms with E-state index >= 15 is 0 Å². The molecule has 4 nitrogen and oxygen atoms in total. The average Bonchev–Trinajstić information content (AvgIpc) is 2.73. The second-order valence-electron chi connectivity index (χ2n) is 3.72. The summed E-state index contributed by atoms with van der Waals surface area (Å²) in [6, 6.07) is 11.1. The fraction of sp³-hybridized carbons (Fsp3) is 0. The number of nitrogens with zero attached hydrogens (tertiary/aromatic N) is 3. The fourth-order valence-electron chi connectivity index (χ4n) is 1.69. The SMILES string of the molecule is Nc1ccc(-c2nnc3ccc(Cl)cn23)cc1. The normalized spacial score (nSPS) is 10.9. The molecule has 0 saturated heterocycles. The summed E-state index contributed by atoms with van der Waals surface area (Å²) in [6.07, 6.45) is 1.79. The van der Waals surface area contributed by atoms with Crippen molar-refractivity contribution in [1.82, 2.24) is 14.6 Å². The lowest BCUT2D eigenvalue weighted by molar-refractivity contribution is 1.11. The second-order valence-corrected chi connectivity index (χ2v) is 4.16. The monoisotopic (exact) mass is 244 g/mol. The molecule has 0 bridgehead atoms. The van der Waals surface area contributed by atoms with Crippen LogP contribution >= 0.6 is 11.6 Å². The molecule has 2 heterocycles. The number of fused-ring (bicyclic) bond motifs is 1. The molecule has 0 amide bonds. The number of hydrogen-bond donors (Lipinski definition) is 1. The zero-order chi connectivity index (χ0) is 11.8. The van der Waals surface area contributed by atoms with Gasteiger partial charge in [0.1, 0.15) is 0 Å². The third-order valence-electron chi connectivity index (χ3n) is 2.54. The van der Waals surface area contributed by atoms with Gasteiger partial charge in [-0.1, -0.05) is 11.6 Å². The molecule has 0 aliphatic heterocycles. The predicted octanol–water partition coefficient (Wildman–Crippen LogP) is 2.63. The van der Waals surface area contributed by atoms with Crippen molar-refractivity contribution in [1.29, 1.82) is 0 Å². The Morgan fingerprint density at radius 2 is 1.76 bits per heavy atom. The number of rotatable bonds is 1. The van der Waals surface area contributed by atoms with E-state index in [0.29, 0.717) is 5.02 Å². The molecule has 0 atom stereocenters. The zero-order valence-electron chi connectivity index (χ0n) is 8.84. The van der Waals surface area contributed by atoms with Crippen molar-refractivity contribution in [3.8, 4) is 11.4 Å². The van der Waals surface area contributed by atoms with Crippen LogP contribution in [0.4, 0.5) is 5.69 Å². The van der Waals surface area contributed by atoms with Gasteiger partial charge in [0.25, 0.3) is 0 Å². The van der Waals surface area contributed by atoms with Crippen LogP contribution in [0.15, 0.2) is 42.6 Å². The van der Waals surface area contributed by atoms with Crippen LogP contribution in [0.25, 0.3) is 17.0 Å². The molecule has 3 aromatic rings. The Bertz CT molecular complexity index is 673. The first-order chi connectivity index (χ1) is 8.24. The molecule has 5 heteroatoms. The van der Waals surface area contributed by atoms with Crippen molar-refractivity contribution in [2.75, 3.05) is 5.73 Å². The largest absolute Gasteiger partial charge is 0.399 e. The van der Waals surface area contributed by atoms with Gasteiger partial charge in [-0.05, 0) is 36.4 Å². The van der Waals surface area contributed by atoms with Crippen molar-refractivity contribution in [2.45, 2.75) is 0 Å². The molecule has 2 N–H and O–H groups in total. The lowest BCUT2D eigenvalue weighted by Crippen LogP contribution is -1.90. The Morgan fingerprint density at radius 1 is 1.00 bits per heavy atom. The third kappa shape index (κ3) is 1.72. The summed E-state index contributed by atoms with van der Waals surface area (Å²) in [7, 11) is 0. The van der Waals surface area contributed by atoms with Crippen LogP contribution in [0.3, 0.4) is 0 Å². The van der Waals surface area contributed by atoms with Gasteiger partial charge >= 0.3 is 0 Å². The minimum Gasteiger partial charge on any atom is -0.399 e. The van der Waals surface area contributed by atoms with E-state index in [1.165, 1.54) is 0 Å². The summed E-state index contributed by atoms with van der Waals surface area (Å²) >= 11 is 5.96. The lowest BCUT2D eigenvalue weighted by Gasteiger charge is -2.00. The van der Waals surface area contributed by atoms with Gasteiger partial charge in [-0.25, -0.2) is 0 Å². The standard InChI is InChI=1S/C12H9ClN4/c13-9-3-6-11-15-16-12(17(11)7-9)8-1-4-10(14)5-2-8/h1-7H,14H2. The number of hydrogen-bond acceptors (Lipinski definition) is 3. The van der Waals surface area contributed by atoms with Crippen molar-refractivity contribution in [3.05, 3.63) is 47.6 Å². The van der Waals surface area contributed by atoms with Gasteiger partial charge in [0.15, 0.2) is 11.5 Å². The molecule has 0 aliphatic carbocycles. The highest BCUT2D eigenvalue weighted by atomic mass is 35.5. The number of nitrogen functional groups attached to an aromatic ring is 1. The van der Waals surface area contributed by atoms with Gasteiger partial charge in [0.2, 0.25) is 0 Å². The fourth-order valence-corrected chi connectivity index (χ4v) is 1.85. The van der Waals surface area contributed by atoms with Gasteiger partial charge in [0, 0.05) is 17.4 Å². The second kappa shape index (κ2) is 3.75. The number of nitrogens with two attached hydrogens (primary N) is 1. The first kappa shape index (κ1) is 10.1. The molecule has 0 aliphatic rings. The molecule has 17 heavy (non-hydrogen) atoms. The Kier molecular flexibility index (Phi) is 2.23. The van der Waals surface area contributed by atoms with Crippen molar-refractivity contribution in [3.63, 3.8) is 0 Å². The molecule has 1 aromatic carbocycles. The van der Waals surface area contributed by atoms with Crippen LogP contribution in [-0.4, -0.2) is 14.6 Å². The van der Waals surface area contributed by atoms with E-state index in [2.05, 4.69) is 10.2 Å². The molecule has 3 rings (SSSR count). The molecular weight excluding hydrogens is 236 g/mol. The first-order valence-corrected chi connectivity index (χ1v) is 5.48. The average molecular weight is 245 g/mol. The minimum atomic E-state index is 0.647. The van der Waals surface area contributed by atoms with Gasteiger partial charge in [0.05, 0.1) is 5.02 Å². The lowest BCUT2D eigenvalue weighted by atomic mass is 10.2. The highest BCUT2D eigenvalue weighted by Crippen LogP contribution is 2.21. The number of pyridine rings is 1. The van der Waals surface area contributed by atoms with Crippen LogP contribution in [-0.2, 0) is 0 Å². The topological polar surface area (TPSA) is 56.2 Å². The number of halogens is 1. The molecule has 0 unspecified atom stereocenters. The maximum Gasteiger partial charge on any atom is 0.168 e. The Balaban J connectivity index is 2.23. The minimum absolute atomic E-state index is 0.647. The van der Waals surface area contributed by atoms with Gasteiger partial charge in [-0.15, -0.1) is 10.2 Å². The van der Waals surface area contributed by atoms with Crippen LogP contribution < -0.4 is 5.73 Å². The highest BCUT2D eigenvalue weighted by molar-refractivity contribution is 6.30. The number of anilines is 1. The van der Waals surface area contributed by atoms with E-state index in [0.717, 1.165) is 22.7 Å². The molecule has 0 fully saturated rings. The van der Waals surface area contributed by atoms with Gasteiger partial charge < -0.3 is 5.73 Å². The van der Waals surface area contributed by atoms with Crippen molar-refractivity contribution >= 4 is 22.9 Å². The van der Waals surface area contributed by atoms with E-state index in [1.807, 2.05) is 34.7 Å². The van der Waals surface area contributed by atoms with E-state index in [1.54, 1.807) is 12.3 Å². The summed E-state index contributed by atoms with van der Waals surface area (Å²) in [5, 5.41) is 8.88. The maximum absolute atomic E-state index is 5.96. The Labute approximate surface area is 103 Å². The third-order valence-corrected chi connectivity index (χ3v) is 2.76. The van der Waals surface area contributed by atoms with Crippen molar-refractivity contribution < 1.29 is 0 Å². The van der Waals surface area contributed by atoms with Gasteiger partial charge in [-0.2, -0.15) is 0 Å². The van der Waals surface area contributed by atoms with Crippen LogP contribution in [0.5, 0.6) is 0 Å². The highest BCUT2D eigenvalue weighted by Gasteiger charge is 2.07. The first-order valence-electron chi connectivity index (χ1n) is 5.10. The molecule has 0 saturated carbocycles. The van der Waals surface area contributed by atoms with E-state index < -0.39 is 0 Å². The van der Waals surface area contributed by atoms with E-state index in [9.17, 15) is 0 Å². The van der Waals surface area contributed by atoms with Crippen LogP contribution in [0.2, 0.25) is 5.02 Å². The van der Waals surface area contributed by atoms with Crippen molar-refractivity contribution in [2.24, 2.45) is 0 Å². The maximum atomic E-state index is 5.96. The number of benzene rings is 1. The molecule has 0 spiro atoms. The quantitative estimate of drug-likeness (QED) is 0.670. The summed E-state index contributed by atoms with van der Waals surface area (Å²) in [5.41, 5.74) is 8.09. The summed E-state index contributed by atoms with van der Waals surface area (Å²) in [5.74, 6) is 0.752. The zero-order valence-corrected chi connectivity index (χ0v) is 9.59. The number of aromatic nitrogens is 3. The summed E-state index contributed by atoms with van der Waals surface area (Å²) in [4.78, 5) is 0. The summed E-state index contributed by atoms with van der Waals surface area (Å²) in [6.45, 7) is 0.